The Labute approximate surface area is 156 Å². The second-order valence-corrected chi connectivity index (χ2v) is 7.36. The highest BCUT2D eigenvalue weighted by molar-refractivity contribution is 5.99. The molecular weight excluding hydrogens is 348 g/mol. The molecule has 2 unspecified atom stereocenters. The number of morpholine rings is 1. The molecule has 8 heteroatoms. The van der Waals surface area contributed by atoms with Gasteiger partial charge in [-0.2, -0.15) is 5.10 Å². The molecule has 4 rings (SSSR count). The van der Waals surface area contributed by atoms with E-state index in [2.05, 4.69) is 5.10 Å². The Bertz CT molecular complexity index is 925. The van der Waals surface area contributed by atoms with Crippen LogP contribution in [0.3, 0.4) is 0 Å². The summed E-state index contributed by atoms with van der Waals surface area (Å²) in [7, 11) is 0. The van der Waals surface area contributed by atoms with Crippen molar-refractivity contribution < 1.29 is 14.6 Å². The molecular formula is C19H24N4O4. The fourth-order valence-corrected chi connectivity index (χ4v) is 4.09. The van der Waals surface area contributed by atoms with Gasteiger partial charge in [-0.3, -0.25) is 9.59 Å². The molecule has 2 aliphatic rings. The Morgan fingerprint density at radius 2 is 2.04 bits per heavy atom. The van der Waals surface area contributed by atoms with Crippen molar-refractivity contribution in [1.29, 1.82) is 0 Å². The first-order valence-corrected chi connectivity index (χ1v) is 9.29. The zero-order valence-electron chi connectivity index (χ0n) is 15.3. The summed E-state index contributed by atoms with van der Waals surface area (Å²) < 4.78 is 6.79. The Morgan fingerprint density at radius 3 is 2.70 bits per heavy atom. The van der Waals surface area contributed by atoms with Gasteiger partial charge in [-0.1, -0.05) is 0 Å². The van der Waals surface area contributed by atoms with Crippen molar-refractivity contribution in [1.82, 2.24) is 14.7 Å². The predicted molar refractivity (Wildman–Crippen MR) is 99.6 cm³/mol. The van der Waals surface area contributed by atoms with Gasteiger partial charge in [0.25, 0.3) is 11.5 Å². The van der Waals surface area contributed by atoms with Gasteiger partial charge < -0.3 is 20.5 Å². The molecule has 0 spiro atoms. The lowest BCUT2D eigenvalue weighted by Gasteiger charge is -2.34. The topological polar surface area (TPSA) is 111 Å². The van der Waals surface area contributed by atoms with Gasteiger partial charge in [0.2, 0.25) is 0 Å². The van der Waals surface area contributed by atoms with Crippen LogP contribution in [0.2, 0.25) is 0 Å². The number of carbonyl (C=O) groups is 1. The van der Waals surface area contributed by atoms with E-state index >= 15 is 0 Å². The highest BCUT2D eigenvalue weighted by atomic mass is 16.5. The van der Waals surface area contributed by atoms with Crippen molar-refractivity contribution in [2.24, 2.45) is 5.73 Å². The van der Waals surface area contributed by atoms with Crippen LogP contribution in [0.25, 0.3) is 10.8 Å². The minimum Gasteiger partial charge on any atom is -0.390 e. The number of benzene rings is 1. The molecule has 0 radical (unpaired) electrons. The molecule has 1 amide bonds. The molecule has 3 N–H and O–H groups in total. The molecule has 0 saturated carbocycles. The van der Waals surface area contributed by atoms with Crippen LogP contribution in [0.5, 0.6) is 0 Å². The van der Waals surface area contributed by atoms with Gasteiger partial charge in [-0.05, 0) is 38.0 Å². The second-order valence-electron chi connectivity index (χ2n) is 7.36. The van der Waals surface area contributed by atoms with Gasteiger partial charge in [0.05, 0.1) is 49.0 Å². The van der Waals surface area contributed by atoms with E-state index in [4.69, 9.17) is 10.5 Å². The van der Waals surface area contributed by atoms with Crippen LogP contribution in [0.1, 0.15) is 28.9 Å². The SMILES string of the molecule is Cc1nn(C[C@@H](O)CN)c(=O)c2ccc(C(=O)N3C4CCC3COC4)cc12. The minimum atomic E-state index is -0.829. The number of hydrogen-bond donors (Lipinski definition) is 2. The number of amides is 1. The third-order valence-corrected chi connectivity index (χ3v) is 5.52. The van der Waals surface area contributed by atoms with Crippen molar-refractivity contribution in [3.63, 3.8) is 0 Å². The predicted octanol–water partition coefficient (Wildman–Crippen LogP) is 0.0279. The van der Waals surface area contributed by atoms with Crippen LogP contribution in [0.15, 0.2) is 23.0 Å². The van der Waals surface area contributed by atoms with Crippen molar-refractivity contribution in [3.8, 4) is 0 Å². The van der Waals surface area contributed by atoms with Crippen LogP contribution in [0, 0.1) is 6.92 Å². The molecule has 3 atom stereocenters. The van der Waals surface area contributed by atoms with Crippen LogP contribution in [-0.2, 0) is 11.3 Å². The van der Waals surface area contributed by atoms with Gasteiger partial charge in [0.1, 0.15) is 0 Å². The fourth-order valence-electron chi connectivity index (χ4n) is 4.09. The summed E-state index contributed by atoms with van der Waals surface area (Å²) in [5, 5.41) is 15.2. The molecule has 2 aromatic rings. The first-order valence-electron chi connectivity index (χ1n) is 9.29. The van der Waals surface area contributed by atoms with Crippen LogP contribution < -0.4 is 11.3 Å². The van der Waals surface area contributed by atoms with E-state index in [1.807, 2.05) is 4.90 Å². The highest BCUT2D eigenvalue weighted by Gasteiger charge is 2.40. The number of aliphatic hydroxyl groups excluding tert-OH is 1. The number of ether oxygens (including phenoxy) is 1. The third kappa shape index (κ3) is 3.13. The number of nitrogens with two attached hydrogens (primary N) is 1. The zero-order chi connectivity index (χ0) is 19.1. The quantitative estimate of drug-likeness (QED) is 0.783. The minimum absolute atomic E-state index is 0.0187. The molecule has 1 aromatic carbocycles. The molecule has 0 aliphatic carbocycles. The monoisotopic (exact) mass is 372 g/mol. The maximum atomic E-state index is 13.1. The van der Waals surface area contributed by atoms with Crippen molar-refractivity contribution >= 4 is 16.7 Å². The summed E-state index contributed by atoms with van der Waals surface area (Å²) in [4.78, 5) is 27.7. The first-order chi connectivity index (χ1) is 13.0. The Morgan fingerprint density at radius 1 is 1.33 bits per heavy atom. The van der Waals surface area contributed by atoms with E-state index < -0.39 is 6.10 Å². The maximum Gasteiger partial charge on any atom is 0.274 e. The van der Waals surface area contributed by atoms with Gasteiger partial charge in [0, 0.05) is 17.5 Å². The summed E-state index contributed by atoms with van der Waals surface area (Å²) >= 11 is 0. The van der Waals surface area contributed by atoms with E-state index in [0.717, 1.165) is 12.8 Å². The molecule has 8 nitrogen and oxygen atoms in total. The fraction of sp³-hybridized carbons (Fsp3) is 0.526. The molecule has 2 aliphatic heterocycles. The Hall–Kier alpha value is -2.29. The zero-order valence-corrected chi connectivity index (χ0v) is 15.3. The first kappa shape index (κ1) is 18.1. The van der Waals surface area contributed by atoms with Gasteiger partial charge in [-0.25, -0.2) is 4.68 Å². The Kier molecular flexibility index (Phi) is 4.71. The molecule has 27 heavy (non-hydrogen) atoms. The number of nitrogens with zero attached hydrogens (tertiary/aromatic N) is 3. The standard InChI is InChI=1S/C19H24N4O4/c1-11-17-6-12(18(25)23-13-3-4-14(23)10-27-9-13)2-5-16(17)19(26)22(21-11)8-15(24)7-20/h2,5-6,13-15,24H,3-4,7-10,20H2,1H3/t13?,14?,15-/m0/s1. The van der Waals surface area contributed by atoms with Crippen molar-refractivity contribution in [3.05, 3.63) is 39.8 Å². The number of hydrogen-bond acceptors (Lipinski definition) is 6. The normalized spacial score (nSPS) is 23.0. The van der Waals surface area contributed by atoms with E-state index in [9.17, 15) is 14.7 Å². The van der Waals surface area contributed by atoms with E-state index in [1.165, 1.54) is 4.68 Å². The molecule has 1 aromatic heterocycles. The average Bonchev–Trinajstić information content (AvgIpc) is 2.93. The Balaban J connectivity index is 1.70. The number of fused-ring (bicyclic) bond motifs is 3. The second kappa shape index (κ2) is 7.03. The van der Waals surface area contributed by atoms with Gasteiger partial charge in [0.15, 0.2) is 0 Å². The number of aliphatic hydroxyl groups is 1. The van der Waals surface area contributed by atoms with Crippen LogP contribution in [0.4, 0.5) is 0 Å². The van der Waals surface area contributed by atoms with E-state index in [0.29, 0.717) is 35.2 Å². The van der Waals surface area contributed by atoms with E-state index in [-0.39, 0.29) is 36.6 Å². The largest absolute Gasteiger partial charge is 0.390 e. The molecule has 3 heterocycles. The summed E-state index contributed by atoms with van der Waals surface area (Å²) in [6.45, 7) is 3.07. The number of aryl methyl sites for hydroxylation is 1. The van der Waals surface area contributed by atoms with E-state index in [1.54, 1.807) is 25.1 Å². The number of aromatic nitrogens is 2. The summed E-state index contributed by atoms with van der Waals surface area (Å²) in [5.41, 5.74) is 6.32. The lowest BCUT2D eigenvalue weighted by atomic mass is 10.1. The third-order valence-electron chi connectivity index (χ3n) is 5.52. The van der Waals surface area contributed by atoms with Crippen LogP contribution >= 0.6 is 0 Å². The average molecular weight is 372 g/mol. The lowest BCUT2D eigenvalue weighted by Crippen LogP contribution is -2.49. The molecule has 2 saturated heterocycles. The molecule has 2 fully saturated rings. The molecule has 144 valence electrons. The van der Waals surface area contributed by atoms with Crippen molar-refractivity contribution in [2.75, 3.05) is 19.8 Å². The van der Waals surface area contributed by atoms with Gasteiger partial charge in [-0.15, -0.1) is 0 Å². The van der Waals surface area contributed by atoms with Gasteiger partial charge >= 0.3 is 0 Å². The maximum absolute atomic E-state index is 13.1. The smallest absolute Gasteiger partial charge is 0.274 e. The highest BCUT2D eigenvalue weighted by Crippen LogP contribution is 2.30. The summed E-state index contributed by atoms with van der Waals surface area (Å²) in [6.07, 6.45) is 1.11. The van der Waals surface area contributed by atoms with Crippen LogP contribution in [-0.4, -0.2) is 63.6 Å². The van der Waals surface area contributed by atoms with Crippen molar-refractivity contribution in [2.45, 2.75) is 44.5 Å². The summed E-state index contributed by atoms with van der Waals surface area (Å²) in [6, 6.07) is 5.39. The molecule has 2 bridgehead atoms. The lowest BCUT2D eigenvalue weighted by molar-refractivity contribution is -0.00714. The number of rotatable bonds is 4. The number of carbonyl (C=O) groups excluding carboxylic acids is 1. The summed E-state index contributed by atoms with van der Waals surface area (Å²) in [5.74, 6) is -0.0187.